The van der Waals surface area contributed by atoms with Crippen molar-refractivity contribution in [1.82, 2.24) is 4.90 Å². The second-order valence-corrected chi connectivity index (χ2v) is 8.34. The summed E-state index contributed by atoms with van der Waals surface area (Å²) in [5.41, 5.74) is 1.24. The molecule has 1 aromatic carbocycles. The monoisotopic (exact) mass is 325 g/mol. The normalized spacial score (nSPS) is 22.0. The summed E-state index contributed by atoms with van der Waals surface area (Å²) >= 11 is 0. The first-order valence-electron chi connectivity index (χ1n) is 7.84. The molecule has 0 bridgehead atoms. The van der Waals surface area contributed by atoms with Gasteiger partial charge in [-0.1, -0.05) is 6.07 Å². The number of hydrogen-bond acceptors (Lipinski definition) is 5. The SMILES string of the molecule is CS(=O)(=O)CCCN1CCCC1c1ccc2c(c1)OCCO2. The van der Waals surface area contributed by atoms with Crippen LogP contribution in [-0.2, 0) is 9.84 Å². The molecule has 0 saturated carbocycles. The fourth-order valence-electron chi connectivity index (χ4n) is 3.27. The van der Waals surface area contributed by atoms with E-state index in [4.69, 9.17) is 9.47 Å². The summed E-state index contributed by atoms with van der Waals surface area (Å²) in [4.78, 5) is 2.39. The Labute approximate surface area is 132 Å². The third-order valence-electron chi connectivity index (χ3n) is 4.28. The van der Waals surface area contributed by atoms with Gasteiger partial charge >= 0.3 is 0 Å². The predicted molar refractivity (Wildman–Crippen MR) is 85.3 cm³/mol. The highest BCUT2D eigenvalue weighted by Gasteiger charge is 2.27. The van der Waals surface area contributed by atoms with Gasteiger partial charge in [-0.3, -0.25) is 4.90 Å². The third-order valence-corrected chi connectivity index (χ3v) is 5.31. The lowest BCUT2D eigenvalue weighted by atomic mass is 10.0. The zero-order valence-electron chi connectivity index (χ0n) is 13.0. The molecular weight excluding hydrogens is 302 g/mol. The average molecular weight is 325 g/mol. The Balaban J connectivity index is 1.67. The lowest BCUT2D eigenvalue weighted by Crippen LogP contribution is -2.26. The zero-order chi connectivity index (χ0) is 15.6. The van der Waals surface area contributed by atoms with Gasteiger partial charge in [0.25, 0.3) is 0 Å². The number of rotatable bonds is 5. The van der Waals surface area contributed by atoms with Crippen LogP contribution < -0.4 is 9.47 Å². The van der Waals surface area contributed by atoms with Crippen molar-refractivity contribution in [2.24, 2.45) is 0 Å². The Morgan fingerprint density at radius 1 is 1.23 bits per heavy atom. The van der Waals surface area contributed by atoms with E-state index in [1.54, 1.807) is 0 Å². The topological polar surface area (TPSA) is 55.8 Å². The molecule has 1 saturated heterocycles. The molecule has 0 spiro atoms. The number of benzene rings is 1. The van der Waals surface area contributed by atoms with Crippen LogP contribution in [0.2, 0.25) is 0 Å². The predicted octanol–water partition coefficient (Wildman–Crippen LogP) is 2.03. The molecule has 0 aromatic heterocycles. The van der Waals surface area contributed by atoms with Crippen LogP contribution in [0.25, 0.3) is 0 Å². The van der Waals surface area contributed by atoms with Crippen molar-refractivity contribution in [1.29, 1.82) is 0 Å². The summed E-state index contributed by atoms with van der Waals surface area (Å²) in [6.45, 7) is 3.06. The van der Waals surface area contributed by atoms with Crippen LogP contribution in [0.15, 0.2) is 18.2 Å². The fourth-order valence-corrected chi connectivity index (χ4v) is 3.92. The van der Waals surface area contributed by atoms with Crippen LogP contribution in [-0.4, -0.2) is 51.6 Å². The van der Waals surface area contributed by atoms with Crippen molar-refractivity contribution in [3.05, 3.63) is 23.8 Å². The molecule has 1 fully saturated rings. The van der Waals surface area contributed by atoms with Crippen molar-refractivity contribution < 1.29 is 17.9 Å². The maximum absolute atomic E-state index is 11.3. The molecule has 0 N–H and O–H groups in total. The molecule has 2 heterocycles. The van der Waals surface area contributed by atoms with E-state index >= 15 is 0 Å². The van der Waals surface area contributed by atoms with Gasteiger partial charge in [-0.25, -0.2) is 8.42 Å². The van der Waals surface area contributed by atoms with E-state index in [1.807, 2.05) is 6.07 Å². The molecule has 0 aliphatic carbocycles. The Kier molecular flexibility index (Phi) is 4.59. The Hall–Kier alpha value is -1.27. The van der Waals surface area contributed by atoms with Crippen molar-refractivity contribution in [2.75, 3.05) is 38.3 Å². The lowest BCUT2D eigenvalue weighted by Gasteiger charge is -2.26. The average Bonchev–Trinajstić information content (AvgIpc) is 2.94. The van der Waals surface area contributed by atoms with E-state index < -0.39 is 9.84 Å². The Morgan fingerprint density at radius 2 is 2.00 bits per heavy atom. The van der Waals surface area contributed by atoms with Crippen molar-refractivity contribution in [3.63, 3.8) is 0 Å². The lowest BCUT2D eigenvalue weighted by molar-refractivity contribution is 0.170. The van der Waals surface area contributed by atoms with E-state index in [9.17, 15) is 8.42 Å². The second-order valence-electron chi connectivity index (χ2n) is 6.08. The summed E-state index contributed by atoms with van der Waals surface area (Å²) in [7, 11) is -2.87. The zero-order valence-corrected chi connectivity index (χ0v) is 13.8. The first-order chi connectivity index (χ1) is 10.5. The van der Waals surface area contributed by atoms with E-state index in [1.165, 1.54) is 11.8 Å². The number of ether oxygens (including phenoxy) is 2. The van der Waals surface area contributed by atoms with Crippen LogP contribution in [0.1, 0.15) is 30.9 Å². The van der Waals surface area contributed by atoms with E-state index in [2.05, 4.69) is 17.0 Å². The first-order valence-corrected chi connectivity index (χ1v) is 9.90. The van der Waals surface area contributed by atoms with Gasteiger partial charge in [0.15, 0.2) is 11.5 Å². The van der Waals surface area contributed by atoms with Crippen molar-refractivity contribution >= 4 is 9.84 Å². The highest BCUT2D eigenvalue weighted by Crippen LogP contribution is 2.37. The molecule has 6 heteroatoms. The minimum absolute atomic E-state index is 0.261. The van der Waals surface area contributed by atoms with Crippen LogP contribution in [0, 0.1) is 0 Å². The molecule has 1 unspecified atom stereocenters. The third kappa shape index (κ3) is 3.73. The highest BCUT2D eigenvalue weighted by atomic mass is 32.2. The maximum Gasteiger partial charge on any atom is 0.161 e. The quantitative estimate of drug-likeness (QED) is 0.829. The molecule has 1 atom stereocenters. The molecule has 5 nitrogen and oxygen atoms in total. The second kappa shape index (κ2) is 6.46. The summed E-state index contributed by atoms with van der Waals surface area (Å²) < 4.78 is 33.8. The first kappa shape index (κ1) is 15.6. The van der Waals surface area contributed by atoms with Gasteiger partial charge in [0, 0.05) is 12.3 Å². The van der Waals surface area contributed by atoms with Gasteiger partial charge in [0.2, 0.25) is 0 Å². The standard InChI is InChI=1S/C16H23NO4S/c1-22(18,19)11-3-8-17-7-2-4-14(17)13-5-6-15-16(12-13)21-10-9-20-15/h5-6,12,14H,2-4,7-11H2,1H3. The summed E-state index contributed by atoms with van der Waals surface area (Å²) in [6, 6.07) is 6.52. The van der Waals surface area contributed by atoms with E-state index in [0.29, 0.717) is 25.7 Å². The highest BCUT2D eigenvalue weighted by molar-refractivity contribution is 7.90. The van der Waals surface area contributed by atoms with Gasteiger partial charge in [0.1, 0.15) is 23.1 Å². The maximum atomic E-state index is 11.3. The van der Waals surface area contributed by atoms with Gasteiger partial charge in [-0.2, -0.15) is 0 Å². The minimum Gasteiger partial charge on any atom is -0.486 e. The van der Waals surface area contributed by atoms with Gasteiger partial charge in [0.05, 0.1) is 5.75 Å². The Bertz CT molecular complexity index is 629. The van der Waals surface area contributed by atoms with Gasteiger partial charge < -0.3 is 9.47 Å². The molecule has 0 amide bonds. The van der Waals surface area contributed by atoms with Crippen molar-refractivity contribution in [3.8, 4) is 11.5 Å². The Morgan fingerprint density at radius 3 is 2.77 bits per heavy atom. The van der Waals surface area contributed by atoms with Crippen LogP contribution >= 0.6 is 0 Å². The molecule has 2 aliphatic heterocycles. The van der Waals surface area contributed by atoms with E-state index in [-0.39, 0.29) is 5.75 Å². The molecule has 2 aliphatic rings. The van der Waals surface area contributed by atoms with Crippen LogP contribution in [0.4, 0.5) is 0 Å². The number of fused-ring (bicyclic) bond motifs is 1. The molecule has 3 rings (SSSR count). The molecular formula is C16H23NO4S. The number of sulfone groups is 1. The molecule has 0 radical (unpaired) electrons. The number of nitrogens with zero attached hydrogens (tertiary/aromatic N) is 1. The minimum atomic E-state index is -2.87. The largest absolute Gasteiger partial charge is 0.486 e. The smallest absolute Gasteiger partial charge is 0.161 e. The number of hydrogen-bond donors (Lipinski definition) is 0. The molecule has 122 valence electrons. The summed E-state index contributed by atoms with van der Waals surface area (Å²) in [5.74, 6) is 1.90. The van der Waals surface area contributed by atoms with Gasteiger partial charge in [-0.05, 0) is 50.0 Å². The fraction of sp³-hybridized carbons (Fsp3) is 0.625. The summed E-state index contributed by atoms with van der Waals surface area (Å²) in [5, 5.41) is 0. The molecule has 22 heavy (non-hydrogen) atoms. The van der Waals surface area contributed by atoms with Crippen LogP contribution in [0.5, 0.6) is 11.5 Å². The number of likely N-dealkylation sites (tertiary alicyclic amines) is 1. The summed E-state index contributed by atoms with van der Waals surface area (Å²) in [6.07, 6.45) is 4.26. The van der Waals surface area contributed by atoms with Crippen LogP contribution in [0.3, 0.4) is 0 Å². The van der Waals surface area contributed by atoms with E-state index in [0.717, 1.165) is 37.4 Å². The molecule has 1 aromatic rings. The van der Waals surface area contributed by atoms with Crippen molar-refractivity contribution in [2.45, 2.75) is 25.3 Å². The van der Waals surface area contributed by atoms with Gasteiger partial charge in [-0.15, -0.1) is 0 Å².